The second kappa shape index (κ2) is 6.04. The fourth-order valence-corrected chi connectivity index (χ4v) is 2.25. The van der Waals surface area contributed by atoms with Crippen molar-refractivity contribution in [3.8, 4) is 0 Å². The van der Waals surface area contributed by atoms with E-state index in [-0.39, 0.29) is 6.04 Å². The molecule has 0 bridgehead atoms. The van der Waals surface area contributed by atoms with Crippen LogP contribution in [0.1, 0.15) is 24.1 Å². The molecule has 3 N–H and O–H groups in total. The number of hydrogen-bond donors (Lipinski definition) is 2. The third-order valence-corrected chi connectivity index (χ3v) is 3.37. The van der Waals surface area contributed by atoms with Gasteiger partial charge >= 0.3 is 0 Å². The Morgan fingerprint density at radius 1 is 1.21 bits per heavy atom. The first-order chi connectivity index (χ1) is 9.08. The maximum atomic E-state index is 5.97. The van der Waals surface area contributed by atoms with Crippen LogP contribution in [-0.2, 0) is 0 Å². The molecular formula is C15H15ClN2S. The largest absolute Gasteiger partial charge is 0.389 e. The molecule has 0 heterocycles. The summed E-state index contributed by atoms with van der Waals surface area (Å²) < 4.78 is 0. The average molecular weight is 291 g/mol. The van der Waals surface area contributed by atoms with E-state index < -0.39 is 0 Å². The number of nitrogens with two attached hydrogens (primary N) is 1. The van der Waals surface area contributed by atoms with Gasteiger partial charge in [-0.3, -0.25) is 0 Å². The molecule has 2 aromatic rings. The van der Waals surface area contributed by atoms with Crippen molar-refractivity contribution in [1.82, 2.24) is 0 Å². The normalized spacial score (nSPS) is 11.9. The van der Waals surface area contributed by atoms with Crippen LogP contribution in [0.15, 0.2) is 48.5 Å². The van der Waals surface area contributed by atoms with Gasteiger partial charge in [0.25, 0.3) is 0 Å². The fraction of sp³-hybridized carbons (Fsp3) is 0.133. The van der Waals surface area contributed by atoms with Crippen LogP contribution in [0.5, 0.6) is 0 Å². The number of anilines is 1. The van der Waals surface area contributed by atoms with Crippen molar-refractivity contribution in [2.75, 3.05) is 5.32 Å². The minimum absolute atomic E-state index is 0.162. The molecule has 98 valence electrons. The second-order valence-electron chi connectivity index (χ2n) is 4.33. The molecule has 0 saturated heterocycles. The first-order valence-electron chi connectivity index (χ1n) is 5.99. The molecule has 0 aliphatic heterocycles. The number of thiocarbonyl (C=S) groups is 1. The number of halogens is 1. The first kappa shape index (κ1) is 13.8. The summed E-state index contributed by atoms with van der Waals surface area (Å²) >= 11 is 11.0. The van der Waals surface area contributed by atoms with Gasteiger partial charge in [0.05, 0.1) is 0 Å². The number of benzene rings is 2. The van der Waals surface area contributed by atoms with E-state index in [2.05, 4.69) is 24.4 Å². The number of nitrogens with one attached hydrogen (secondary N) is 1. The van der Waals surface area contributed by atoms with Gasteiger partial charge in [0, 0.05) is 22.3 Å². The molecule has 2 rings (SSSR count). The smallest absolute Gasteiger partial charge is 0.106 e. The van der Waals surface area contributed by atoms with E-state index >= 15 is 0 Å². The van der Waals surface area contributed by atoms with Gasteiger partial charge in [-0.1, -0.05) is 54.2 Å². The Morgan fingerprint density at radius 3 is 2.53 bits per heavy atom. The van der Waals surface area contributed by atoms with Crippen molar-refractivity contribution in [3.63, 3.8) is 0 Å². The Hall–Kier alpha value is -1.58. The van der Waals surface area contributed by atoms with Gasteiger partial charge < -0.3 is 11.1 Å². The van der Waals surface area contributed by atoms with Gasteiger partial charge in [0.1, 0.15) is 4.99 Å². The predicted molar refractivity (Wildman–Crippen MR) is 85.8 cm³/mol. The van der Waals surface area contributed by atoms with Crippen LogP contribution in [0.25, 0.3) is 0 Å². The van der Waals surface area contributed by atoms with Crippen LogP contribution >= 0.6 is 23.8 Å². The summed E-state index contributed by atoms with van der Waals surface area (Å²) in [5.41, 5.74) is 8.60. The third-order valence-electron chi connectivity index (χ3n) is 2.92. The lowest BCUT2D eigenvalue weighted by molar-refractivity contribution is 0.884. The van der Waals surface area contributed by atoms with Crippen LogP contribution in [0.3, 0.4) is 0 Å². The third kappa shape index (κ3) is 3.46. The molecule has 2 aromatic carbocycles. The lowest BCUT2D eigenvalue weighted by Crippen LogP contribution is -2.15. The van der Waals surface area contributed by atoms with E-state index in [9.17, 15) is 0 Å². The van der Waals surface area contributed by atoms with Crippen molar-refractivity contribution in [2.45, 2.75) is 13.0 Å². The van der Waals surface area contributed by atoms with Gasteiger partial charge in [0.15, 0.2) is 0 Å². The molecule has 4 heteroatoms. The minimum atomic E-state index is 0.162. The van der Waals surface area contributed by atoms with Crippen molar-refractivity contribution >= 4 is 34.5 Å². The Labute approximate surface area is 123 Å². The highest BCUT2D eigenvalue weighted by atomic mass is 35.5. The maximum absolute atomic E-state index is 5.97. The zero-order valence-electron chi connectivity index (χ0n) is 10.6. The molecule has 1 unspecified atom stereocenters. The molecule has 0 aliphatic rings. The SMILES string of the molecule is CC(Nc1ccc(Cl)cc1C(N)=S)c1ccccc1. The van der Waals surface area contributed by atoms with E-state index in [1.807, 2.05) is 30.3 Å². The zero-order valence-corrected chi connectivity index (χ0v) is 12.1. The molecule has 0 spiro atoms. The highest BCUT2D eigenvalue weighted by molar-refractivity contribution is 7.80. The molecule has 0 saturated carbocycles. The van der Waals surface area contributed by atoms with Crippen molar-refractivity contribution in [1.29, 1.82) is 0 Å². The summed E-state index contributed by atoms with van der Waals surface area (Å²) in [6.07, 6.45) is 0. The summed E-state index contributed by atoms with van der Waals surface area (Å²) in [7, 11) is 0. The number of rotatable bonds is 4. The fourth-order valence-electron chi connectivity index (χ4n) is 1.90. The molecule has 0 aliphatic carbocycles. The van der Waals surface area contributed by atoms with Crippen LogP contribution in [0, 0.1) is 0 Å². The highest BCUT2D eigenvalue weighted by Gasteiger charge is 2.10. The molecule has 0 fully saturated rings. The standard InChI is InChI=1S/C15H15ClN2S/c1-10(11-5-3-2-4-6-11)18-14-8-7-12(16)9-13(14)15(17)19/h2-10,18H,1H3,(H2,17,19). The first-order valence-corrected chi connectivity index (χ1v) is 6.77. The van der Waals surface area contributed by atoms with Crippen LogP contribution in [0.4, 0.5) is 5.69 Å². The van der Waals surface area contributed by atoms with Crippen molar-refractivity contribution in [3.05, 3.63) is 64.7 Å². The lowest BCUT2D eigenvalue weighted by atomic mass is 10.1. The van der Waals surface area contributed by atoms with E-state index in [0.717, 1.165) is 11.3 Å². The van der Waals surface area contributed by atoms with E-state index in [1.54, 1.807) is 6.07 Å². The molecule has 1 atom stereocenters. The molecule has 2 nitrogen and oxygen atoms in total. The molecular weight excluding hydrogens is 276 g/mol. The van der Waals surface area contributed by atoms with E-state index in [0.29, 0.717) is 10.0 Å². The average Bonchev–Trinajstić information content (AvgIpc) is 2.41. The van der Waals surface area contributed by atoms with Crippen LogP contribution in [-0.4, -0.2) is 4.99 Å². The maximum Gasteiger partial charge on any atom is 0.106 e. The molecule has 0 radical (unpaired) electrons. The quantitative estimate of drug-likeness (QED) is 0.831. The summed E-state index contributed by atoms with van der Waals surface area (Å²) in [5, 5.41) is 4.03. The van der Waals surface area contributed by atoms with E-state index in [1.165, 1.54) is 5.56 Å². The molecule has 0 aromatic heterocycles. The van der Waals surface area contributed by atoms with Crippen molar-refractivity contribution in [2.24, 2.45) is 5.73 Å². The topological polar surface area (TPSA) is 38.0 Å². The summed E-state index contributed by atoms with van der Waals surface area (Å²) in [5.74, 6) is 0. The number of hydrogen-bond acceptors (Lipinski definition) is 2. The summed E-state index contributed by atoms with van der Waals surface area (Å²) in [6, 6.07) is 15.9. The van der Waals surface area contributed by atoms with Gasteiger partial charge in [-0.05, 0) is 30.7 Å². The summed E-state index contributed by atoms with van der Waals surface area (Å²) in [6.45, 7) is 2.09. The van der Waals surface area contributed by atoms with Crippen molar-refractivity contribution < 1.29 is 0 Å². The van der Waals surface area contributed by atoms with Gasteiger partial charge in [-0.25, -0.2) is 0 Å². The predicted octanol–water partition coefficient (Wildman–Crippen LogP) is 4.15. The van der Waals surface area contributed by atoms with Gasteiger partial charge in [0.2, 0.25) is 0 Å². The van der Waals surface area contributed by atoms with Gasteiger partial charge in [-0.2, -0.15) is 0 Å². The van der Waals surface area contributed by atoms with Crippen LogP contribution < -0.4 is 11.1 Å². The molecule has 19 heavy (non-hydrogen) atoms. The Bertz CT molecular complexity index is 584. The second-order valence-corrected chi connectivity index (χ2v) is 5.21. The Balaban J connectivity index is 2.26. The lowest BCUT2D eigenvalue weighted by Gasteiger charge is -2.18. The van der Waals surface area contributed by atoms with Gasteiger partial charge in [-0.15, -0.1) is 0 Å². The Morgan fingerprint density at radius 2 is 1.89 bits per heavy atom. The molecule has 0 amide bonds. The monoisotopic (exact) mass is 290 g/mol. The Kier molecular flexibility index (Phi) is 4.40. The van der Waals surface area contributed by atoms with E-state index in [4.69, 9.17) is 29.6 Å². The highest BCUT2D eigenvalue weighted by Crippen LogP contribution is 2.25. The minimum Gasteiger partial charge on any atom is -0.389 e. The van der Waals surface area contributed by atoms with Crippen LogP contribution in [0.2, 0.25) is 5.02 Å². The summed E-state index contributed by atoms with van der Waals surface area (Å²) in [4.78, 5) is 0.338. The zero-order chi connectivity index (χ0) is 13.8.